The molecule has 9 heteroatoms. The molecule has 3 aromatic rings. The molecule has 0 aliphatic carbocycles. The van der Waals surface area contributed by atoms with Gasteiger partial charge in [-0.3, -0.25) is 4.79 Å². The molecule has 2 aromatic carbocycles. The molecule has 1 heterocycles. The summed E-state index contributed by atoms with van der Waals surface area (Å²) in [6, 6.07) is 5.85. The highest BCUT2D eigenvalue weighted by Crippen LogP contribution is 2.39. The van der Waals surface area contributed by atoms with Crippen LogP contribution in [0.3, 0.4) is 0 Å². The van der Waals surface area contributed by atoms with Crippen LogP contribution in [0.15, 0.2) is 24.3 Å². The SMILES string of the molecule is Cc1[nH]c2c(C(N)=O)cc(F)c(-c3cccc(CN(CCF)C(=O)OC(C)(C)C)c3CF)c2c1C. The van der Waals surface area contributed by atoms with Gasteiger partial charge in [-0.15, -0.1) is 0 Å². The van der Waals surface area contributed by atoms with Gasteiger partial charge in [0.1, 0.15) is 24.8 Å². The lowest BCUT2D eigenvalue weighted by atomic mass is 9.90. The number of halogens is 3. The van der Waals surface area contributed by atoms with Crippen molar-refractivity contribution in [3.8, 4) is 11.1 Å². The van der Waals surface area contributed by atoms with Gasteiger partial charge in [0.25, 0.3) is 5.91 Å². The normalized spacial score (nSPS) is 11.7. The van der Waals surface area contributed by atoms with Crippen molar-refractivity contribution in [2.24, 2.45) is 5.73 Å². The molecule has 0 atom stereocenters. The number of nitrogens with two attached hydrogens (primary N) is 1. The summed E-state index contributed by atoms with van der Waals surface area (Å²) in [5, 5.41) is 0.427. The van der Waals surface area contributed by atoms with Crippen LogP contribution in [-0.2, 0) is 18.0 Å². The van der Waals surface area contributed by atoms with Crippen molar-refractivity contribution in [3.63, 3.8) is 0 Å². The summed E-state index contributed by atoms with van der Waals surface area (Å²) in [5.41, 5.74) is 7.38. The second-order valence-corrected chi connectivity index (χ2v) is 9.44. The molecule has 2 amide bonds. The number of nitrogens with zero attached hydrogens (tertiary/aromatic N) is 1. The molecule has 0 aliphatic rings. The number of H-pyrrole nitrogens is 1. The average molecular weight is 490 g/mol. The predicted octanol–water partition coefficient (Wildman–Crippen LogP) is 5.87. The number of aromatic nitrogens is 1. The smallest absolute Gasteiger partial charge is 0.410 e. The predicted molar refractivity (Wildman–Crippen MR) is 129 cm³/mol. The lowest BCUT2D eigenvalue weighted by Gasteiger charge is -2.27. The summed E-state index contributed by atoms with van der Waals surface area (Å²) in [5.74, 6) is -1.52. The highest BCUT2D eigenvalue weighted by atomic mass is 19.1. The summed E-state index contributed by atoms with van der Waals surface area (Å²) in [4.78, 5) is 28.8. The summed E-state index contributed by atoms with van der Waals surface area (Å²) in [6.45, 7) is 6.50. The van der Waals surface area contributed by atoms with Gasteiger partial charge in [0.15, 0.2) is 0 Å². The fourth-order valence-corrected chi connectivity index (χ4v) is 4.13. The van der Waals surface area contributed by atoms with E-state index in [4.69, 9.17) is 10.5 Å². The molecule has 188 valence electrons. The molecule has 0 spiro atoms. The molecule has 0 bridgehead atoms. The number of hydrogen-bond acceptors (Lipinski definition) is 3. The molecule has 0 unspecified atom stereocenters. The molecule has 3 N–H and O–H groups in total. The van der Waals surface area contributed by atoms with E-state index in [1.165, 1.54) is 0 Å². The van der Waals surface area contributed by atoms with E-state index in [9.17, 15) is 18.4 Å². The molecular formula is C26H30F3N3O3. The van der Waals surface area contributed by atoms with Crippen molar-refractivity contribution in [2.45, 2.75) is 53.4 Å². The molecule has 35 heavy (non-hydrogen) atoms. The van der Waals surface area contributed by atoms with Crippen LogP contribution in [0.4, 0.5) is 18.0 Å². The first-order chi connectivity index (χ1) is 16.4. The first-order valence-corrected chi connectivity index (χ1v) is 11.2. The number of aryl methyl sites for hydroxylation is 2. The fourth-order valence-electron chi connectivity index (χ4n) is 4.13. The van der Waals surface area contributed by atoms with E-state index in [-0.39, 0.29) is 35.3 Å². The lowest BCUT2D eigenvalue weighted by molar-refractivity contribution is 0.0221. The summed E-state index contributed by atoms with van der Waals surface area (Å²) in [6.07, 6.45) is -0.734. The maximum atomic E-state index is 15.5. The number of aromatic amines is 1. The minimum atomic E-state index is -0.954. The molecule has 0 saturated heterocycles. The zero-order chi connectivity index (χ0) is 26.1. The Labute approximate surface area is 202 Å². The molecule has 0 saturated carbocycles. The third kappa shape index (κ3) is 5.28. The number of carbonyl (C=O) groups excluding carboxylic acids is 2. The van der Waals surface area contributed by atoms with Crippen molar-refractivity contribution in [2.75, 3.05) is 13.2 Å². The van der Waals surface area contributed by atoms with Gasteiger partial charge in [-0.2, -0.15) is 0 Å². The van der Waals surface area contributed by atoms with Gasteiger partial charge in [0, 0.05) is 23.2 Å². The highest BCUT2D eigenvalue weighted by Gasteiger charge is 2.26. The van der Waals surface area contributed by atoms with Crippen molar-refractivity contribution in [1.82, 2.24) is 9.88 Å². The quantitative estimate of drug-likeness (QED) is 0.435. The van der Waals surface area contributed by atoms with Crippen LogP contribution in [0, 0.1) is 19.7 Å². The van der Waals surface area contributed by atoms with Crippen LogP contribution < -0.4 is 5.73 Å². The fraction of sp³-hybridized carbons (Fsp3) is 0.385. The van der Waals surface area contributed by atoms with E-state index in [1.54, 1.807) is 52.8 Å². The maximum absolute atomic E-state index is 15.5. The molecule has 6 nitrogen and oxygen atoms in total. The Balaban J connectivity index is 2.19. The highest BCUT2D eigenvalue weighted by molar-refractivity contribution is 6.11. The number of fused-ring (bicyclic) bond motifs is 1. The standard InChI is InChI=1S/C26H30F3N3O3/c1-14-15(2)31-23-18(24(30)33)11-20(29)22(21(14)23)17-8-6-7-16(19(17)12-28)13-32(10-9-27)25(34)35-26(3,4)5/h6-8,11,31H,9-10,12-13H2,1-5H3,(H2,30,33). The molecule has 0 aliphatic heterocycles. The summed E-state index contributed by atoms with van der Waals surface area (Å²) < 4.78 is 48.5. The number of alkyl halides is 2. The number of amides is 2. The number of carbonyl (C=O) groups is 2. The molecule has 0 radical (unpaired) electrons. The van der Waals surface area contributed by atoms with E-state index in [2.05, 4.69) is 4.98 Å². The van der Waals surface area contributed by atoms with Crippen molar-refractivity contribution >= 4 is 22.9 Å². The van der Waals surface area contributed by atoms with Crippen molar-refractivity contribution in [1.29, 1.82) is 0 Å². The Kier molecular flexibility index (Phi) is 7.47. The van der Waals surface area contributed by atoms with Gasteiger partial charge < -0.3 is 20.4 Å². The summed E-state index contributed by atoms with van der Waals surface area (Å²) >= 11 is 0. The second kappa shape index (κ2) is 10.0. The Morgan fingerprint density at radius 3 is 2.43 bits per heavy atom. The minimum Gasteiger partial charge on any atom is -0.444 e. The van der Waals surface area contributed by atoms with Crippen LogP contribution in [0.5, 0.6) is 0 Å². The number of rotatable bonds is 7. The minimum absolute atomic E-state index is 0.00514. The van der Waals surface area contributed by atoms with Crippen LogP contribution in [0.2, 0.25) is 0 Å². The molecule has 3 rings (SSSR count). The molecule has 1 aromatic heterocycles. The van der Waals surface area contributed by atoms with E-state index in [1.807, 2.05) is 0 Å². The Morgan fingerprint density at radius 2 is 1.86 bits per heavy atom. The van der Waals surface area contributed by atoms with Gasteiger partial charge in [-0.05, 0) is 62.9 Å². The zero-order valence-corrected chi connectivity index (χ0v) is 20.5. The third-order valence-corrected chi connectivity index (χ3v) is 5.84. The lowest BCUT2D eigenvalue weighted by Crippen LogP contribution is -2.37. The van der Waals surface area contributed by atoms with Gasteiger partial charge in [0.05, 0.1) is 17.6 Å². The Morgan fingerprint density at radius 1 is 1.17 bits per heavy atom. The van der Waals surface area contributed by atoms with E-state index in [0.29, 0.717) is 27.7 Å². The van der Waals surface area contributed by atoms with Gasteiger partial charge >= 0.3 is 6.09 Å². The van der Waals surface area contributed by atoms with Crippen LogP contribution in [0.1, 0.15) is 53.5 Å². The third-order valence-electron chi connectivity index (χ3n) is 5.84. The van der Waals surface area contributed by atoms with Crippen molar-refractivity contribution in [3.05, 3.63) is 58.0 Å². The average Bonchev–Trinajstić information content (AvgIpc) is 3.05. The number of hydrogen-bond donors (Lipinski definition) is 2. The number of benzene rings is 2. The molecular weight excluding hydrogens is 459 g/mol. The first kappa shape index (κ1) is 26.1. The molecule has 0 fully saturated rings. The number of ether oxygens (including phenoxy) is 1. The summed E-state index contributed by atoms with van der Waals surface area (Å²) in [7, 11) is 0. The van der Waals surface area contributed by atoms with Gasteiger partial charge in [0.2, 0.25) is 0 Å². The van der Waals surface area contributed by atoms with E-state index in [0.717, 1.165) is 11.0 Å². The van der Waals surface area contributed by atoms with E-state index < -0.39 is 36.8 Å². The van der Waals surface area contributed by atoms with Crippen LogP contribution in [0.25, 0.3) is 22.0 Å². The van der Waals surface area contributed by atoms with Crippen LogP contribution in [-0.4, -0.2) is 40.7 Å². The second-order valence-electron chi connectivity index (χ2n) is 9.44. The Hall–Kier alpha value is -3.49. The van der Waals surface area contributed by atoms with Gasteiger partial charge in [-0.1, -0.05) is 18.2 Å². The largest absolute Gasteiger partial charge is 0.444 e. The van der Waals surface area contributed by atoms with Crippen LogP contribution >= 0.6 is 0 Å². The van der Waals surface area contributed by atoms with Gasteiger partial charge in [-0.25, -0.2) is 18.0 Å². The first-order valence-electron chi connectivity index (χ1n) is 11.2. The number of primary amides is 1. The van der Waals surface area contributed by atoms with E-state index >= 15 is 4.39 Å². The topological polar surface area (TPSA) is 88.4 Å². The monoisotopic (exact) mass is 489 g/mol. The number of nitrogens with one attached hydrogen (secondary N) is 1. The Bertz CT molecular complexity index is 1280. The zero-order valence-electron chi connectivity index (χ0n) is 20.5. The van der Waals surface area contributed by atoms with Crippen molar-refractivity contribution < 1.29 is 27.5 Å². The maximum Gasteiger partial charge on any atom is 0.410 e.